The lowest BCUT2D eigenvalue weighted by Gasteiger charge is -2.37. The molecule has 1 N–H and O–H groups in total. The Labute approximate surface area is 411 Å². The second kappa shape index (κ2) is 21.1. The van der Waals surface area contributed by atoms with E-state index in [4.69, 9.17) is 66.3 Å². The molecule has 3 aliphatic carbocycles. The van der Waals surface area contributed by atoms with E-state index in [0.29, 0.717) is 77.8 Å². The number of carboxylic acid groups (broad SMARTS) is 1. The Balaban J connectivity index is 0.964. The number of hydrogen-bond donors (Lipinski definition) is 1. The Morgan fingerprint density at radius 2 is 1.81 bits per heavy atom. The lowest BCUT2D eigenvalue weighted by molar-refractivity contribution is -0.145. The maximum absolute atomic E-state index is 13.4. The molecule has 4 fully saturated rings. The van der Waals surface area contributed by atoms with Crippen molar-refractivity contribution in [2.24, 2.45) is 5.92 Å². The number of thiophene rings is 1. The third-order valence-electron chi connectivity index (χ3n) is 14.4. The summed E-state index contributed by atoms with van der Waals surface area (Å²) in [7, 11) is 2.12. The van der Waals surface area contributed by atoms with Crippen LogP contribution in [0, 0.1) is 5.92 Å². The lowest BCUT2D eigenvalue weighted by Crippen LogP contribution is -2.48. The highest BCUT2D eigenvalue weighted by atomic mass is 35.5. The first-order chi connectivity index (χ1) is 33.1. The number of aliphatic carboxylic acids is 1. The van der Waals surface area contributed by atoms with E-state index >= 15 is 0 Å². The number of likely N-dealkylation sites (N-methyl/N-ethyl adjacent to an activating group) is 1. The van der Waals surface area contributed by atoms with Crippen LogP contribution in [0.25, 0.3) is 15.8 Å². The molecule has 1 aromatic carbocycles. The van der Waals surface area contributed by atoms with Crippen molar-refractivity contribution in [1.82, 2.24) is 29.7 Å². The molecule has 0 spiro atoms. The number of fused-ring (bicyclic) bond motifs is 6. The number of ether oxygens (including phenoxy) is 7. The van der Waals surface area contributed by atoms with Gasteiger partial charge in [0.05, 0.1) is 60.6 Å². The molecular formula is C50H60Cl2N6O9S. The van der Waals surface area contributed by atoms with Gasteiger partial charge in [-0.3, -0.25) is 4.90 Å². The average Bonchev–Trinajstić information content (AvgIpc) is 3.70. The fourth-order valence-electron chi connectivity index (χ4n) is 10.2. The van der Waals surface area contributed by atoms with E-state index in [1.807, 2.05) is 19.1 Å². The van der Waals surface area contributed by atoms with E-state index in [1.54, 1.807) is 29.7 Å². The van der Waals surface area contributed by atoms with Gasteiger partial charge < -0.3 is 43.2 Å². The molecule has 11 rings (SSSR count). The summed E-state index contributed by atoms with van der Waals surface area (Å²) in [6.07, 6.45) is 8.00. The molecule has 15 nitrogen and oxygen atoms in total. The molecule has 0 radical (unpaired) electrons. The van der Waals surface area contributed by atoms with Crippen molar-refractivity contribution in [2.45, 2.75) is 114 Å². The first-order valence-corrected chi connectivity index (χ1v) is 25.7. The highest BCUT2D eigenvalue weighted by molar-refractivity contribution is 7.19. The van der Waals surface area contributed by atoms with E-state index in [9.17, 15) is 9.90 Å². The van der Waals surface area contributed by atoms with E-state index in [0.717, 1.165) is 103 Å². The van der Waals surface area contributed by atoms with E-state index in [-0.39, 0.29) is 43.0 Å². The molecule has 5 atom stereocenters. The highest BCUT2D eigenvalue weighted by Crippen LogP contribution is 2.54. The molecule has 18 heteroatoms. The summed E-state index contributed by atoms with van der Waals surface area (Å²) in [5, 5.41) is 11.4. The standard InChI is InChI=1S/C50H60Cl2N6O9S/c1-28-40-29(2)44(52)45(43(28)51)67-39(23-58-17-15-57(3)16-18-58)65-35-11-12-37(64-24-33-13-14-53-47(56-33)31-7-9-34(10-8-31)63-26-36-25-61-19-20-62-36)32(21-35)22-38(50(59)60)66-48-42-41(40)46(30-5-4-6-30)68-49(42)55-27-54-48/h11-14,21,27-28,30-31,34,36,38-39,43H,4-10,15-20,22-26H2,1-3H3,(H,59,60)/t28?,31?,34?,36-,38-,39-,43?/m1/s1. The zero-order valence-corrected chi connectivity index (χ0v) is 41.2. The second-order valence-electron chi connectivity index (χ2n) is 19.0. The molecule has 0 amide bonds. The average molecular weight is 992 g/mol. The number of piperazine rings is 1. The number of rotatable bonds is 11. The number of allylic oxidation sites excluding steroid dienone is 4. The Kier molecular flexibility index (Phi) is 14.7. The van der Waals surface area contributed by atoms with Crippen LogP contribution in [0.1, 0.15) is 98.2 Å². The van der Waals surface area contributed by atoms with Crippen molar-refractivity contribution in [1.29, 1.82) is 0 Å². The summed E-state index contributed by atoms with van der Waals surface area (Å²) in [6, 6.07) is 7.27. The van der Waals surface area contributed by atoms with Crippen LogP contribution < -0.4 is 14.2 Å². The summed E-state index contributed by atoms with van der Waals surface area (Å²) < 4.78 is 44.2. The highest BCUT2D eigenvalue weighted by Gasteiger charge is 2.41. The number of hydrogen-bond acceptors (Lipinski definition) is 15. The van der Waals surface area contributed by atoms with E-state index < -0.39 is 23.7 Å². The minimum absolute atomic E-state index is 0.0116. The molecule has 364 valence electrons. The quantitative estimate of drug-likeness (QED) is 0.143. The normalized spacial score (nSPS) is 27.6. The second-order valence-corrected chi connectivity index (χ2v) is 20.9. The molecule has 4 aliphatic heterocycles. The third kappa shape index (κ3) is 10.3. The van der Waals surface area contributed by atoms with Crippen LogP contribution in [-0.2, 0) is 36.8 Å². The summed E-state index contributed by atoms with van der Waals surface area (Å²) in [4.78, 5) is 38.8. The number of alkyl halides is 1. The smallest absolute Gasteiger partial charge is 0.345 e. The molecular weight excluding hydrogens is 932 g/mol. The number of aromatic nitrogens is 4. The van der Waals surface area contributed by atoms with Crippen molar-refractivity contribution in [2.75, 3.05) is 66.2 Å². The Bertz CT molecular complexity index is 2520. The van der Waals surface area contributed by atoms with Crippen molar-refractivity contribution < 1.29 is 43.1 Å². The number of carboxylic acids is 1. The van der Waals surface area contributed by atoms with Crippen molar-refractivity contribution in [3.63, 3.8) is 0 Å². The summed E-state index contributed by atoms with van der Waals surface area (Å²) in [6.45, 7) is 10.5. The molecule has 4 aromatic rings. The SMILES string of the molecule is CC1=C2c3c(C4CCC4)sc4ncnc(c34)O[C@@H](C(=O)O)Cc3cc(ccc3OCc3ccnc(C4CCC(OC[C@H]5COCCO5)CC4)n3)O[C@@H](CN3CCN(C)CC3)OC(=C1Cl)C(Cl)C2C. The van der Waals surface area contributed by atoms with Crippen LogP contribution in [0.2, 0.25) is 0 Å². The largest absolute Gasteiger partial charge is 0.487 e. The predicted octanol–water partition coefficient (Wildman–Crippen LogP) is 8.32. The first-order valence-electron chi connectivity index (χ1n) is 24.1. The molecule has 7 aliphatic rings. The predicted molar refractivity (Wildman–Crippen MR) is 258 cm³/mol. The van der Waals surface area contributed by atoms with Crippen molar-refractivity contribution >= 4 is 56.3 Å². The summed E-state index contributed by atoms with van der Waals surface area (Å²) in [5.74, 6) is 1.46. The van der Waals surface area contributed by atoms with Gasteiger partial charge in [-0.25, -0.2) is 24.7 Å². The van der Waals surface area contributed by atoms with Crippen LogP contribution in [-0.4, -0.2) is 137 Å². The monoisotopic (exact) mass is 990 g/mol. The number of halogens is 2. The molecule has 4 bridgehead atoms. The molecule has 2 saturated heterocycles. The van der Waals surface area contributed by atoms with E-state index in [2.05, 4.69) is 33.7 Å². The van der Waals surface area contributed by atoms with Gasteiger partial charge >= 0.3 is 5.97 Å². The zero-order chi connectivity index (χ0) is 46.9. The minimum Gasteiger partial charge on any atom is -0.487 e. The fraction of sp³-hybridized carbons (Fsp3) is 0.580. The van der Waals surface area contributed by atoms with Gasteiger partial charge in [-0.15, -0.1) is 22.9 Å². The Morgan fingerprint density at radius 3 is 2.56 bits per heavy atom. The molecule has 68 heavy (non-hydrogen) atoms. The molecule has 2 unspecified atom stereocenters. The Hall–Kier alpha value is -4.13. The van der Waals surface area contributed by atoms with E-state index in [1.165, 1.54) is 6.33 Å². The van der Waals surface area contributed by atoms with Gasteiger partial charge in [0.1, 0.15) is 47.0 Å². The minimum atomic E-state index is -1.36. The van der Waals surface area contributed by atoms with Crippen LogP contribution in [0.4, 0.5) is 0 Å². The number of nitrogens with zero attached hydrogens (tertiary/aromatic N) is 6. The van der Waals surface area contributed by atoms with Crippen LogP contribution in [0.3, 0.4) is 0 Å². The van der Waals surface area contributed by atoms with Gasteiger partial charge in [-0.2, -0.15) is 0 Å². The van der Waals surface area contributed by atoms with Crippen LogP contribution in [0.15, 0.2) is 53.2 Å². The Morgan fingerprint density at radius 1 is 0.985 bits per heavy atom. The van der Waals surface area contributed by atoms with Crippen LogP contribution in [0.5, 0.6) is 17.4 Å². The van der Waals surface area contributed by atoms with Gasteiger partial charge in [-0.05, 0) is 93.8 Å². The van der Waals surface area contributed by atoms with Gasteiger partial charge in [0.25, 0.3) is 6.29 Å². The summed E-state index contributed by atoms with van der Waals surface area (Å²) >= 11 is 16.5. The lowest BCUT2D eigenvalue weighted by atomic mass is 9.77. The molecule has 3 aromatic heterocycles. The van der Waals surface area contributed by atoms with Gasteiger partial charge in [0, 0.05) is 66.6 Å². The topological polar surface area (TPSA) is 160 Å². The maximum Gasteiger partial charge on any atom is 0.345 e. The number of benzene rings is 1. The first kappa shape index (κ1) is 47.5. The van der Waals surface area contributed by atoms with Crippen molar-refractivity contribution in [3.8, 4) is 17.4 Å². The third-order valence-corrected chi connectivity index (χ3v) is 16.7. The molecule has 2 saturated carbocycles. The fourth-order valence-corrected chi connectivity index (χ4v) is 12.1. The van der Waals surface area contributed by atoms with Crippen molar-refractivity contribution in [3.05, 3.63) is 80.7 Å². The van der Waals surface area contributed by atoms with Gasteiger partial charge in [-0.1, -0.05) is 24.9 Å². The van der Waals surface area contributed by atoms with Gasteiger partial charge in [0.2, 0.25) is 12.0 Å². The van der Waals surface area contributed by atoms with Gasteiger partial charge in [0.15, 0.2) is 0 Å². The van der Waals surface area contributed by atoms with Crippen LogP contribution >= 0.6 is 34.5 Å². The zero-order valence-electron chi connectivity index (χ0n) is 38.9. The number of carbonyl (C=O) groups is 1. The maximum atomic E-state index is 13.4. The summed E-state index contributed by atoms with van der Waals surface area (Å²) in [5.41, 5.74) is 3.98. The molecule has 7 heterocycles.